The number of halogens is 2. The summed E-state index contributed by atoms with van der Waals surface area (Å²) >= 11 is 12.8. The molecule has 2 aliphatic rings. The summed E-state index contributed by atoms with van der Waals surface area (Å²) in [5.41, 5.74) is 9.29. The quantitative estimate of drug-likeness (QED) is 0.158. The van der Waals surface area contributed by atoms with Gasteiger partial charge in [-0.1, -0.05) is 41.9 Å². The molecule has 2 aromatic carbocycles. The van der Waals surface area contributed by atoms with Crippen molar-refractivity contribution in [1.29, 1.82) is 5.41 Å². The van der Waals surface area contributed by atoms with E-state index in [-0.39, 0.29) is 44.8 Å². The second-order valence-corrected chi connectivity index (χ2v) is 11.4. The van der Waals surface area contributed by atoms with Crippen LogP contribution in [0.15, 0.2) is 49.2 Å². The number of nitrogens with two attached hydrogens (primary N) is 1. The van der Waals surface area contributed by atoms with E-state index >= 15 is 0 Å². The molecule has 1 saturated heterocycles. The molecule has 4 aromatic rings. The Bertz CT molecular complexity index is 1790. The summed E-state index contributed by atoms with van der Waals surface area (Å²) in [6.45, 7) is 7.41. The summed E-state index contributed by atoms with van der Waals surface area (Å²) in [4.78, 5) is 32.4. The second kappa shape index (κ2) is 12.3. The third-order valence-electron chi connectivity index (χ3n) is 7.81. The highest BCUT2D eigenvalue weighted by Crippen LogP contribution is 2.42. The van der Waals surface area contributed by atoms with Crippen LogP contribution in [0, 0.1) is 5.41 Å². The Labute approximate surface area is 264 Å². The maximum Gasteiger partial charge on any atom is 0.324 e. The fraction of sp³-hybridized carbons (Fsp3) is 0.258. The number of nitrogen functional groups attached to an aromatic ring is 1. The number of benzene rings is 2. The number of ether oxygens (including phenoxy) is 2. The van der Waals surface area contributed by atoms with Crippen LogP contribution in [0.3, 0.4) is 0 Å². The molecule has 4 heterocycles. The lowest BCUT2D eigenvalue weighted by Gasteiger charge is -2.35. The van der Waals surface area contributed by atoms with Gasteiger partial charge in [0.1, 0.15) is 22.1 Å². The highest BCUT2D eigenvalue weighted by Gasteiger charge is 2.26. The number of likely N-dealkylation sites (N-methyl/N-ethyl adjacent to an activating group) is 1. The molecule has 0 spiro atoms. The topological polar surface area (TPSA) is 134 Å². The number of nitrogens with one attached hydrogen (secondary N) is 1. The summed E-state index contributed by atoms with van der Waals surface area (Å²) in [5, 5.41) is 8.83. The first kappa shape index (κ1) is 29.6. The summed E-state index contributed by atoms with van der Waals surface area (Å²) in [7, 11) is 2.09. The molecule has 44 heavy (non-hydrogen) atoms. The van der Waals surface area contributed by atoms with E-state index in [2.05, 4.69) is 34.5 Å². The number of carbonyl (C=O) groups excluding carboxylic acids is 1. The van der Waals surface area contributed by atoms with Gasteiger partial charge < -0.3 is 35.3 Å². The Hall–Kier alpha value is -4.45. The summed E-state index contributed by atoms with van der Waals surface area (Å²) < 4.78 is 12.6. The number of piperazine rings is 1. The van der Waals surface area contributed by atoms with Gasteiger partial charge in [-0.15, -0.1) is 0 Å². The molecule has 6 rings (SSSR count). The molecule has 3 N–H and O–H groups in total. The van der Waals surface area contributed by atoms with Crippen molar-refractivity contribution in [3.63, 3.8) is 0 Å². The zero-order chi connectivity index (χ0) is 31.0. The van der Waals surface area contributed by atoms with Crippen molar-refractivity contribution in [2.75, 3.05) is 50.4 Å². The van der Waals surface area contributed by atoms with E-state index in [0.717, 1.165) is 31.3 Å². The largest absolute Gasteiger partial charge is 0.435 e. The molecule has 2 aliphatic heterocycles. The fourth-order valence-corrected chi connectivity index (χ4v) is 5.91. The lowest BCUT2D eigenvalue weighted by atomic mass is 9.99. The van der Waals surface area contributed by atoms with E-state index in [0.29, 0.717) is 48.6 Å². The van der Waals surface area contributed by atoms with Crippen LogP contribution >= 0.6 is 23.2 Å². The predicted molar refractivity (Wildman–Crippen MR) is 172 cm³/mol. The molecule has 1 amide bonds. The number of carbonyl (C=O) groups is 1. The van der Waals surface area contributed by atoms with E-state index in [1.54, 1.807) is 17.2 Å². The molecular weight excluding hydrogens is 603 g/mol. The van der Waals surface area contributed by atoms with Crippen molar-refractivity contribution in [3.8, 4) is 23.4 Å². The van der Waals surface area contributed by atoms with Crippen LogP contribution in [0.5, 0.6) is 23.4 Å². The Kier molecular flexibility index (Phi) is 8.26. The molecule has 0 saturated carbocycles. The minimum Gasteiger partial charge on any atom is -0.435 e. The third kappa shape index (κ3) is 5.61. The molecule has 0 atom stereocenters. The average molecular weight is 634 g/mol. The van der Waals surface area contributed by atoms with Crippen LogP contribution in [0.2, 0.25) is 10.0 Å². The maximum atomic E-state index is 12.2. The van der Waals surface area contributed by atoms with Crippen LogP contribution in [-0.4, -0.2) is 76.6 Å². The molecule has 0 radical (unpaired) electrons. The van der Waals surface area contributed by atoms with Crippen molar-refractivity contribution in [2.45, 2.75) is 13.0 Å². The first-order chi connectivity index (χ1) is 21.3. The lowest BCUT2D eigenvalue weighted by molar-refractivity contribution is -0.126. The van der Waals surface area contributed by atoms with Gasteiger partial charge in [0.05, 0.1) is 16.0 Å². The Morgan fingerprint density at radius 1 is 1.11 bits per heavy atom. The maximum absolute atomic E-state index is 12.2. The summed E-state index contributed by atoms with van der Waals surface area (Å²) in [5.74, 6) is 1.38. The van der Waals surface area contributed by atoms with Crippen LogP contribution in [-0.2, 0) is 17.8 Å². The number of pyridine rings is 1. The number of rotatable bonds is 7. The van der Waals surface area contributed by atoms with Gasteiger partial charge in [-0.3, -0.25) is 4.79 Å². The smallest absolute Gasteiger partial charge is 0.324 e. The zero-order valence-corrected chi connectivity index (χ0v) is 25.5. The van der Waals surface area contributed by atoms with E-state index in [4.69, 9.17) is 53.8 Å². The molecule has 1 fully saturated rings. The van der Waals surface area contributed by atoms with Gasteiger partial charge in [0.25, 0.3) is 0 Å². The third-order valence-corrected chi connectivity index (χ3v) is 8.58. The summed E-state index contributed by atoms with van der Waals surface area (Å²) in [6.07, 6.45) is 4.79. The number of hydrogen-bond acceptors (Lipinski definition) is 10. The molecule has 0 bridgehead atoms. The number of fused-ring (bicyclic) bond motifs is 2. The van der Waals surface area contributed by atoms with Crippen LogP contribution in [0.4, 0.5) is 11.5 Å². The van der Waals surface area contributed by atoms with Crippen molar-refractivity contribution in [3.05, 3.63) is 75.9 Å². The molecule has 11 nitrogen and oxygen atoms in total. The van der Waals surface area contributed by atoms with E-state index in [1.807, 2.05) is 12.1 Å². The van der Waals surface area contributed by atoms with Crippen molar-refractivity contribution < 1.29 is 14.3 Å². The second-order valence-electron chi connectivity index (χ2n) is 10.6. The van der Waals surface area contributed by atoms with Gasteiger partial charge in [-0.25, -0.2) is 4.98 Å². The van der Waals surface area contributed by atoms with Gasteiger partial charge in [0, 0.05) is 62.9 Å². The van der Waals surface area contributed by atoms with E-state index < -0.39 is 0 Å². The minimum absolute atomic E-state index is 0.0899. The van der Waals surface area contributed by atoms with Crippen molar-refractivity contribution in [1.82, 2.24) is 24.8 Å². The molecule has 2 aromatic heterocycles. The highest BCUT2D eigenvalue weighted by atomic mass is 35.5. The van der Waals surface area contributed by atoms with E-state index in [9.17, 15) is 4.79 Å². The Morgan fingerprint density at radius 2 is 1.91 bits per heavy atom. The van der Waals surface area contributed by atoms with Gasteiger partial charge in [-0.05, 0) is 43.3 Å². The van der Waals surface area contributed by atoms with Crippen LogP contribution < -0.4 is 20.1 Å². The first-order valence-corrected chi connectivity index (χ1v) is 14.8. The first-order valence-electron chi connectivity index (χ1n) is 14.0. The average Bonchev–Trinajstić information content (AvgIpc) is 3.03. The number of nitrogens with zero attached hydrogens (tertiary/aromatic N) is 6. The normalized spacial score (nSPS) is 15.2. The molecular formula is C31H30Cl2N8O3. The zero-order valence-electron chi connectivity index (χ0n) is 24.0. The van der Waals surface area contributed by atoms with Gasteiger partial charge in [0.15, 0.2) is 5.75 Å². The molecule has 0 aliphatic carbocycles. The minimum atomic E-state index is -0.111. The lowest BCUT2D eigenvalue weighted by Crippen LogP contribution is -2.48. The van der Waals surface area contributed by atoms with Crippen LogP contribution in [0.1, 0.15) is 16.7 Å². The number of anilines is 2. The Morgan fingerprint density at radius 3 is 2.66 bits per heavy atom. The molecule has 13 heteroatoms. The van der Waals surface area contributed by atoms with Crippen molar-refractivity contribution >= 4 is 57.7 Å². The van der Waals surface area contributed by atoms with Gasteiger partial charge in [0.2, 0.25) is 11.8 Å². The van der Waals surface area contributed by atoms with Crippen molar-refractivity contribution in [2.24, 2.45) is 0 Å². The number of amides is 1. The van der Waals surface area contributed by atoms with Gasteiger partial charge >= 0.3 is 6.01 Å². The van der Waals surface area contributed by atoms with Gasteiger partial charge in [-0.2, -0.15) is 9.97 Å². The fourth-order valence-electron chi connectivity index (χ4n) is 5.51. The molecule has 226 valence electrons. The van der Waals surface area contributed by atoms with E-state index in [1.165, 1.54) is 17.7 Å². The highest BCUT2D eigenvalue weighted by molar-refractivity contribution is 6.43. The van der Waals surface area contributed by atoms with Crippen LogP contribution in [0.25, 0.3) is 10.9 Å². The summed E-state index contributed by atoms with van der Waals surface area (Å²) in [6, 6.07) is 9.37. The Balaban J connectivity index is 1.46. The molecule has 0 unspecified atom stereocenters. The predicted octanol–water partition coefficient (Wildman–Crippen LogP) is 5.32. The SMILES string of the molecule is C=CC(=O)N1CCN(c2nc(Oc3cccc4c3CCN(C)C4)nc3c(Oc4c(Cl)c(Cl)cc(N)c4C=N)nccc23)CC1. The number of hydrogen-bond donors (Lipinski definition) is 2. The standard InChI is InChI=1S/C31H30Cl2N8O3/c1-3-25(42)40-11-13-41(14-12-40)29-20-7-9-36-30(44-28-21(16-34)23(35)15-22(32)26(28)33)27(20)37-31(38-29)43-24-6-4-5-18-17-39(2)10-8-19(18)24/h3-7,9,15-16,34H,1,8,10-14,17,35H2,2H3. The number of aromatic nitrogens is 3. The monoisotopic (exact) mass is 632 g/mol.